The van der Waals surface area contributed by atoms with Crippen LogP contribution in [0.5, 0.6) is 5.75 Å². The maximum Gasteiger partial charge on any atom is 0.278 e. The lowest BCUT2D eigenvalue weighted by atomic mass is 10.1. The summed E-state index contributed by atoms with van der Waals surface area (Å²) in [6.07, 6.45) is -0.692. The molecule has 0 saturated heterocycles. The van der Waals surface area contributed by atoms with Gasteiger partial charge in [0.2, 0.25) is 5.43 Å². The van der Waals surface area contributed by atoms with E-state index in [1.807, 2.05) is 49.2 Å². The van der Waals surface area contributed by atoms with Crippen molar-refractivity contribution in [3.63, 3.8) is 0 Å². The van der Waals surface area contributed by atoms with Crippen molar-refractivity contribution in [1.82, 2.24) is 14.9 Å². The zero-order chi connectivity index (χ0) is 27.8. The number of nitrogens with zero attached hydrogens (tertiary/aromatic N) is 3. The molecule has 2 aromatic carbocycles. The van der Waals surface area contributed by atoms with Crippen LogP contribution < -0.4 is 20.5 Å². The number of carbonyl (C=O) groups is 2. The number of halogens is 2. The van der Waals surface area contributed by atoms with Crippen LogP contribution in [0.4, 0.5) is 8.78 Å². The van der Waals surface area contributed by atoms with Crippen LogP contribution in [0.25, 0.3) is 0 Å². The van der Waals surface area contributed by atoms with Gasteiger partial charge in [0.1, 0.15) is 36.6 Å². The first-order chi connectivity index (χ1) is 18.7. The van der Waals surface area contributed by atoms with Crippen molar-refractivity contribution in [2.24, 2.45) is 0 Å². The second-order valence-corrected chi connectivity index (χ2v) is 9.70. The highest BCUT2D eigenvalue weighted by Gasteiger charge is 2.45. The molecule has 2 amide bonds. The summed E-state index contributed by atoms with van der Waals surface area (Å²) in [5.41, 5.74) is 0.0250. The lowest BCUT2D eigenvalue weighted by molar-refractivity contribution is 0.0628. The third-order valence-corrected chi connectivity index (χ3v) is 6.90. The summed E-state index contributed by atoms with van der Waals surface area (Å²) in [6.45, 7) is 3.96. The Balaban J connectivity index is 1.62. The van der Waals surface area contributed by atoms with Gasteiger partial charge >= 0.3 is 0 Å². The van der Waals surface area contributed by atoms with E-state index in [2.05, 4.69) is 5.32 Å². The van der Waals surface area contributed by atoms with Gasteiger partial charge in [-0.2, -0.15) is 0 Å². The van der Waals surface area contributed by atoms with E-state index in [0.29, 0.717) is 0 Å². The largest absolute Gasteiger partial charge is 0.482 e. The minimum absolute atomic E-state index is 0.00700. The van der Waals surface area contributed by atoms with E-state index in [9.17, 15) is 23.2 Å². The van der Waals surface area contributed by atoms with Gasteiger partial charge in [-0.1, -0.05) is 36.4 Å². The molecule has 11 heteroatoms. The molecule has 0 fully saturated rings. The molecule has 0 radical (unpaired) electrons. The SMILES string of the molecule is COC1CN2CN(C(C)C)C(=O)c3c(OCc4ccccc4)c(=O)c(C(=O)NCc4ccc(F)cc4F)c1n32. The number of ether oxygens (including phenoxy) is 2. The Morgan fingerprint density at radius 2 is 1.87 bits per heavy atom. The monoisotopic (exact) mass is 538 g/mol. The molecular formula is C28H28F2N4O5. The lowest BCUT2D eigenvalue weighted by Crippen LogP contribution is -2.55. The number of rotatable bonds is 8. The van der Waals surface area contributed by atoms with Crippen LogP contribution in [0.15, 0.2) is 53.3 Å². The fourth-order valence-electron chi connectivity index (χ4n) is 4.89. The zero-order valence-electron chi connectivity index (χ0n) is 21.7. The first-order valence-electron chi connectivity index (χ1n) is 12.5. The Morgan fingerprint density at radius 1 is 1.13 bits per heavy atom. The molecule has 0 bridgehead atoms. The minimum atomic E-state index is -0.825. The maximum atomic E-state index is 14.2. The second kappa shape index (κ2) is 10.5. The van der Waals surface area contributed by atoms with Crippen LogP contribution in [0.1, 0.15) is 57.6 Å². The Bertz CT molecular complexity index is 1490. The number of pyridine rings is 1. The number of amides is 2. The van der Waals surface area contributed by atoms with Crippen LogP contribution >= 0.6 is 0 Å². The lowest BCUT2D eigenvalue weighted by Gasteiger charge is -2.39. The predicted octanol–water partition coefficient (Wildman–Crippen LogP) is 3.10. The van der Waals surface area contributed by atoms with Gasteiger partial charge in [0.15, 0.2) is 11.4 Å². The summed E-state index contributed by atoms with van der Waals surface area (Å²) in [5.74, 6) is -3.01. The van der Waals surface area contributed by atoms with Crippen molar-refractivity contribution in [1.29, 1.82) is 0 Å². The quantitative estimate of drug-likeness (QED) is 0.474. The van der Waals surface area contributed by atoms with Crippen LogP contribution in [0.2, 0.25) is 0 Å². The number of methoxy groups -OCH3 is 1. The number of aromatic nitrogens is 1. The molecule has 2 aliphatic rings. The topological polar surface area (TPSA) is 93.1 Å². The van der Waals surface area contributed by atoms with Crippen LogP contribution in [-0.4, -0.2) is 47.8 Å². The van der Waals surface area contributed by atoms with Crippen molar-refractivity contribution in [2.45, 2.75) is 39.1 Å². The van der Waals surface area contributed by atoms with E-state index in [1.54, 1.807) is 9.58 Å². The van der Waals surface area contributed by atoms with Gasteiger partial charge < -0.3 is 19.7 Å². The van der Waals surface area contributed by atoms with Crippen molar-refractivity contribution in [2.75, 3.05) is 25.3 Å². The number of hydrogen-bond acceptors (Lipinski definition) is 6. The third-order valence-electron chi connectivity index (χ3n) is 6.90. The highest BCUT2D eigenvalue weighted by atomic mass is 19.1. The van der Waals surface area contributed by atoms with Gasteiger partial charge in [0, 0.05) is 31.3 Å². The molecule has 3 heterocycles. The van der Waals surface area contributed by atoms with E-state index >= 15 is 0 Å². The van der Waals surface area contributed by atoms with Gasteiger partial charge in [-0.15, -0.1) is 0 Å². The second-order valence-electron chi connectivity index (χ2n) is 9.70. The summed E-state index contributed by atoms with van der Waals surface area (Å²) in [7, 11) is 1.46. The van der Waals surface area contributed by atoms with E-state index in [4.69, 9.17) is 9.47 Å². The molecule has 204 valence electrons. The Kier molecular flexibility index (Phi) is 7.09. The summed E-state index contributed by atoms with van der Waals surface area (Å²) in [5, 5.41) is 4.39. The van der Waals surface area contributed by atoms with Gasteiger partial charge in [0.05, 0.1) is 12.2 Å². The van der Waals surface area contributed by atoms with Gasteiger partial charge in [-0.05, 0) is 25.5 Å². The molecule has 1 N–H and O–H groups in total. The smallest absolute Gasteiger partial charge is 0.278 e. The Hall–Kier alpha value is -4.25. The highest BCUT2D eigenvalue weighted by Crippen LogP contribution is 2.35. The van der Waals surface area contributed by atoms with Gasteiger partial charge in [-0.25, -0.2) is 13.5 Å². The molecule has 3 aromatic rings. The van der Waals surface area contributed by atoms with Crippen molar-refractivity contribution >= 4 is 11.8 Å². The number of hydrogen-bond donors (Lipinski definition) is 1. The molecular weight excluding hydrogens is 510 g/mol. The maximum absolute atomic E-state index is 14.2. The van der Waals surface area contributed by atoms with Crippen molar-refractivity contribution in [3.05, 3.63) is 98.5 Å². The van der Waals surface area contributed by atoms with E-state index in [-0.39, 0.29) is 60.7 Å². The number of benzene rings is 2. The fraction of sp³-hybridized carbons (Fsp3) is 0.321. The molecule has 1 atom stereocenters. The summed E-state index contributed by atoms with van der Waals surface area (Å²) >= 11 is 0. The highest BCUT2D eigenvalue weighted by molar-refractivity contribution is 6.01. The molecule has 1 aromatic heterocycles. The van der Waals surface area contributed by atoms with Crippen molar-refractivity contribution < 1.29 is 27.8 Å². The molecule has 0 saturated carbocycles. The predicted molar refractivity (Wildman–Crippen MR) is 138 cm³/mol. The summed E-state index contributed by atoms with van der Waals surface area (Å²) in [4.78, 5) is 42.7. The van der Waals surface area contributed by atoms with E-state index in [1.165, 1.54) is 13.2 Å². The first-order valence-corrected chi connectivity index (χ1v) is 12.5. The molecule has 1 unspecified atom stereocenters. The van der Waals surface area contributed by atoms with Gasteiger partial charge in [-0.3, -0.25) is 19.4 Å². The van der Waals surface area contributed by atoms with Gasteiger partial charge in [0.25, 0.3) is 11.8 Å². The fourth-order valence-corrected chi connectivity index (χ4v) is 4.89. The Labute approximate surface area is 223 Å². The Morgan fingerprint density at radius 3 is 2.54 bits per heavy atom. The number of carbonyl (C=O) groups excluding carboxylic acids is 2. The van der Waals surface area contributed by atoms with E-state index < -0.39 is 35.0 Å². The molecule has 5 rings (SSSR count). The first kappa shape index (κ1) is 26.4. The normalized spacial score (nSPS) is 16.1. The average molecular weight is 539 g/mol. The zero-order valence-corrected chi connectivity index (χ0v) is 21.7. The summed E-state index contributed by atoms with van der Waals surface area (Å²) in [6, 6.07) is 12.0. The standard InChI is InChI=1S/C28H28F2N4O5/c1-16(2)33-15-32-13-21(38-3)23-22(27(36)31-12-18-9-10-19(29)11-20(18)30)25(35)26(24(28(33)37)34(23)32)39-14-17-7-5-4-6-8-17/h4-11,16,21H,12-15H2,1-3H3,(H,31,36). The molecule has 2 aliphatic heterocycles. The number of nitrogens with one attached hydrogen (secondary N) is 1. The van der Waals surface area contributed by atoms with Crippen LogP contribution in [-0.2, 0) is 17.9 Å². The molecule has 39 heavy (non-hydrogen) atoms. The van der Waals surface area contributed by atoms with Crippen molar-refractivity contribution in [3.8, 4) is 5.75 Å². The average Bonchev–Trinajstić information content (AvgIpc) is 3.27. The van der Waals surface area contributed by atoms with Crippen LogP contribution in [0, 0.1) is 11.6 Å². The molecule has 0 spiro atoms. The molecule has 9 nitrogen and oxygen atoms in total. The third kappa shape index (κ3) is 4.74. The molecule has 0 aliphatic carbocycles. The summed E-state index contributed by atoms with van der Waals surface area (Å²) < 4.78 is 40.7. The van der Waals surface area contributed by atoms with Crippen LogP contribution in [0.3, 0.4) is 0 Å². The minimum Gasteiger partial charge on any atom is -0.482 e. The van der Waals surface area contributed by atoms with E-state index in [0.717, 1.165) is 17.7 Å².